The van der Waals surface area contributed by atoms with Crippen molar-refractivity contribution in [2.24, 2.45) is 0 Å². The van der Waals surface area contributed by atoms with Gasteiger partial charge < -0.3 is 16.0 Å². The maximum atomic E-state index is 11.9. The Morgan fingerprint density at radius 2 is 2.10 bits per heavy atom. The van der Waals surface area contributed by atoms with Crippen LogP contribution >= 0.6 is 12.4 Å². The maximum absolute atomic E-state index is 11.9. The highest BCUT2D eigenvalue weighted by molar-refractivity contribution is 5.90. The number of hydrogen-bond acceptors (Lipinski definition) is 3. The van der Waals surface area contributed by atoms with E-state index in [0.717, 1.165) is 18.7 Å². The summed E-state index contributed by atoms with van der Waals surface area (Å²) in [6.07, 6.45) is 1.04. The molecule has 5 nitrogen and oxygen atoms in total. The van der Waals surface area contributed by atoms with Crippen molar-refractivity contribution in [1.29, 1.82) is 0 Å². The van der Waals surface area contributed by atoms with Crippen LogP contribution in [0.25, 0.3) is 0 Å². The first-order valence-electron chi connectivity index (χ1n) is 6.61. The Balaban J connectivity index is 0.00000147. The van der Waals surface area contributed by atoms with Gasteiger partial charge in [-0.1, -0.05) is 18.2 Å². The number of halogens is 1. The van der Waals surface area contributed by atoms with E-state index in [2.05, 4.69) is 28.1 Å². The Hall–Kier alpha value is -1.59. The van der Waals surface area contributed by atoms with Gasteiger partial charge in [0.25, 0.3) is 0 Å². The van der Waals surface area contributed by atoms with Crippen LogP contribution in [0.3, 0.4) is 0 Å². The zero-order valence-electron chi connectivity index (χ0n) is 11.1. The predicted molar refractivity (Wildman–Crippen MR) is 77.2 cm³/mol. The van der Waals surface area contributed by atoms with E-state index in [-0.39, 0.29) is 30.3 Å². The van der Waals surface area contributed by atoms with E-state index in [1.807, 2.05) is 6.07 Å². The lowest BCUT2D eigenvalue weighted by atomic mass is 10.1. The van der Waals surface area contributed by atoms with Crippen LogP contribution in [0, 0.1) is 0 Å². The van der Waals surface area contributed by atoms with Gasteiger partial charge in [-0.3, -0.25) is 9.59 Å². The number of nitrogens with one attached hydrogen (secondary N) is 3. The predicted octanol–water partition coefficient (Wildman–Crippen LogP) is 0.606. The monoisotopic (exact) mass is 295 g/mol. The van der Waals surface area contributed by atoms with Crippen molar-refractivity contribution in [3.05, 3.63) is 34.9 Å². The fourth-order valence-electron chi connectivity index (χ4n) is 2.58. The number of rotatable bonds is 3. The summed E-state index contributed by atoms with van der Waals surface area (Å²) >= 11 is 0. The van der Waals surface area contributed by atoms with Gasteiger partial charge in [-0.2, -0.15) is 0 Å². The van der Waals surface area contributed by atoms with E-state index in [9.17, 15) is 9.59 Å². The molecule has 3 N–H and O–H groups in total. The molecule has 1 aromatic carbocycles. The smallest absolute Gasteiger partial charge is 0.242 e. The minimum Gasteiger partial charge on any atom is -0.350 e. The van der Waals surface area contributed by atoms with E-state index in [4.69, 9.17) is 0 Å². The summed E-state index contributed by atoms with van der Waals surface area (Å²) in [4.78, 5) is 22.9. The van der Waals surface area contributed by atoms with Crippen molar-refractivity contribution in [3.8, 4) is 0 Å². The highest BCUT2D eigenvalue weighted by Gasteiger charge is 2.26. The molecule has 0 saturated carbocycles. The Kier molecular flexibility index (Phi) is 4.62. The van der Waals surface area contributed by atoms with Crippen LogP contribution in [0.2, 0.25) is 0 Å². The molecule has 108 valence electrons. The van der Waals surface area contributed by atoms with Crippen LogP contribution in [-0.2, 0) is 29.2 Å². The van der Waals surface area contributed by atoms with E-state index in [1.165, 1.54) is 11.1 Å². The van der Waals surface area contributed by atoms with Gasteiger partial charge in [-0.05, 0) is 23.1 Å². The van der Waals surface area contributed by atoms with Gasteiger partial charge in [0, 0.05) is 26.1 Å². The second-order valence-corrected chi connectivity index (χ2v) is 5.08. The van der Waals surface area contributed by atoms with Crippen LogP contribution < -0.4 is 16.0 Å². The highest BCUT2D eigenvalue weighted by atomic mass is 35.5. The number of hydrogen-bond donors (Lipinski definition) is 3. The Bertz CT molecular complexity index is 533. The summed E-state index contributed by atoms with van der Waals surface area (Å²) in [6, 6.07) is 5.92. The molecule has 1 fully saturated rings. The lowest BCUT2D eigenvalue weighted by Gasteiger charge is -2.11. The topological polar surface area (TPSA) is 70.2 Å². The molecule has 2 heterocycles. The first kappa shape index (κ1) is 14.8. The standard InChI is InChI=1S/C14H17N3O2.ClH/c18-13-4-3-12(17-13)14(19)16-6-9-1-2-10-7-15-8-11(10)5-9;/h1-2,5,12,15H,3-4,6-8H2,(H,16,19)(H,17,18);1H/t12-;/m1./s1. The molecular formula is C14H18ClN3O2. The largest absolute Gasteiger partial charge is 0.350 e. The second kappa shape index (κ2) is 6.24. The van der Waals surface area contributed by atoms with Gasteiger partial charge in [0.15, 0.2) is 0 Å². The van der Waals surface area contributed by atoms with Crippen LogP contribution in [0.15, 0.2) is 18.2 Å². The van der Waals surface area contributed by atoms with Crippen LogP contribution in [0.4, 0.5) is 0 Å². The Labute approximate surface area is 123 Å². The number of benzene rings is 1. The zero-order valence-corrected chi connectivity index (χ0v) is 11.9. The first-order valence-corrected chi connectivity index (χ1v) is 6.61. The van der Waals surface area contributed by atoms with E-state index < -0.39 is 0 Å². The van der Waals surface area contributed by atoms with Gasteiger partial charge in [0.1, 0.15) is 6.04 Å². The van der Waals surface area contributed by atoms with Gasteiger partial charge in [-0.25, -0.2) is 0 Å². The molecule has 0 bridgehead atoms. The summed E-state index contributed by atoms with van der Waals surface area (Å²) in [7, 11) is 0. The molecular weight excluding hydrogens is 278 g/mol. The first-order chi connectivity index (χ1) is 9.22. The number of amides is 2. The third-order valence-corrected chi connectivity index (χ3v) is 3.68. The van der Waals surface area contributed by atoms with Crippen molar-refractivity contribution in [3.63, 3.8) is 0 Å². The molecule has 1 aromatic rings. The molecule has 20 heavy (non-hydrogen) atoms. The molecule has 0 aliphatic carbocycles. The van der Waals surface area contributed by atoms with Crippen molar-refractivity contribution in [1.82, 2.24) is 16.0 Å². The van der Waals surface area contributed by atoms with Gasteiger partial charge in [0.05, 0.1) is 0 Å². The number of carbonyl (C=O) groups excluding carboxylic acids is 2. The third-order valence-electron chi connectivity index (χ3n) is 3.68. The van der Waals surface area contributed by atoms with Gasteiger partial charge in [0.2, 0.25) is 11.8 Å². The molecule has 2 aliphatic rings. The average Bonchev–Trinajstić information content (AvgIpc) is 3.03. The van der Waals surface area contributed by atoms with Crippen molar-refractivity contribution < 1.29 is 9.59 Å². The van der Waals surface area contributed by atoms with Crippen LogP contribution in [0.5, 0.6) is 0 Å². The lowest BCUT2D eigenvalue weighted by molar-refractivity contribution is -0.125. The van der Waals surface area contributed by atoms with Crippen LogP contribution in [0.1, 0.15) is 29.5 Å². The molecule has 2 aliphatic heterocycles. The van der Waals surface area contributed by atoms with Gasteiger partial charge in [-0.15, -0.1) is 12.4 Å². The van der Waals surface area contributed by atoms with Crippen molar-refractivity contribution in [2.75, 3.05) is 0 Å². The number of carbonyl (C=O) groups is 2. The molecule has 0 radical (unpaired) electrons. The molecule has 0 spiro atoms. The SMILES string of the molecule is Cl.O=C1CC[C@H](C(=O)NCc2ccc3c(c2)CNC3)N1. The minimum atomic E-state index is -0.358. The molecule has 6 heteroatoms. The second-order valence-electron chi connectivity index (χ2n) is 5.08. The average molecular weight is 296 g/mol. The summed E-state index contributed by atoms with van der Waals surface area (Å²) in [6.45, 7) is 2.34. The minimum absolute atomic E-state index is 0. The van der Waals surface area contributed by atoms with Crippen molar-refractivity contribution in [2.45, 2.75) is 38.5 Å². The summed E-state index contributed by atoms with van der Waals surface area (Å²) < 4.78 is 0. The summed E-state index contributed by atoms with van der Waals surface area (Å²) in [5, 5.41) is 8.84. The number of fused-ring (bicyclic) bond motifs is 1. The third kappa shape index (κ3) is 3.11. The summed E-state index contributed by atoms with van der Waals surface area (Å²) in [5.74, 6) is -0.131. The zero-order chi connectivity index (χ0) is 13.2. The fourth-order valence-corrected chi connectivity index (χ4v) is 2.58. The lowest BCUT2D eigenvalue weighted by Crippen LogP contribution is -2.41. The van der Waals surface area contributed by atoms with Crippen LogP contribution in [-0.4, -0.2) is 17.9 Å². The molecule has 2 amide bonds. The summed E-state index contributed by atoms with van der Waals surface area (Å²) in [5.41, 5.74) is 3.74. The van der Waals surface area contributed by atoms with E-state index >= 15 is 0 Å². The Morgan fingerprint density at radius 3 is 2.85 bits per heavy atom. The highest BCUT2D eigenvalue weighted by Crippen LogP contribution is 2.17. The molecule has 3 rings (SSSR count). The molecule has 0 unspecified atom stereocenters. The fraction of sp³-hybridized carbons (Fsp3) is 0.429. The Morgan fingerprint density at radius 1 is 1.30 bits per heavy atom. The molecule has 1 saturated heterocycles. The van der Waals surface area contributed by atoms with Gasteiger partial charge >= 0.3 is 0 Å². The van der Waals surface area contributed by atoms with E-state index in [0.29, 0.717) is 19.4 Å². The molecule has 0 aromatic heterocycles. The normalized spacial score (nSPS) is 20.0. The molecule has 1 atom stereocenters. The maximum Gasteiger partial charge on any atom is 0.242 e. The van der Waals surface area contributed by atoms with Crippen molar-refractivity contribution >= 4 is 24.2 Å². The quantitative estimate of drug-likeness (QED) is 0.765. The van der Waals surface area contributed by atoms with E-state index in [1.54, 1.807) is 0 Å².